The van der Waals surface area contributed by atoms with Gasteiger partial charge in [-0.1, -0.05) is 27.5 Å². The first-order valence-corrected chi connectivity index (χ1v) is 10.1. The van der Waals surface area contributed by atoms with Crippen LogP contribution in [-0.2, 0) is 11.0 Å². The molecule has 1 fully saturated rings. The summed E-state index contributed by atoms with van der Waals surface area (Å²) in [4.78, 5) is 20.0. The van der Waals surface area contributed by atoms with E-state index in [4.69, 9.17) is 11.6 Å². The third-order valence-corrected chi connectivity index (χ3v) is 5.42. The number of nitrogens with zero attached hydrogens (tertiary/aromatic N) is 3. The monoisotopic (exact) mass is 490 g/mol. The SMILES string of the molecule is Cc1cc(Br)ccc1NC(=O)CN1CCN(c2ncc(C(F)(F)F)cc2Cl)CC1. The summed E-state index contributed by atoms with van der Waals surface area (Å²) < 4.78 is 39.2. The standard InChI is InChI=1S/C19H19BrClF3N4O/c1-12-8-14(20)2-3-16(12)26-17(29)11-27-4-6-28(7-5-27)18-15(21)9-13(10-25-18)19(22,23)24/h2-3,8-10H,4-7,11H2,1H3,(H,26,29). The average molecular weight is 492 g/mol. The zero-order valence-corrected chi connectivity index (χ0v) is 17.9. The van der Waals surface area contributed by atoms with Gasteiger partial charge in [-0.05, 0) is 36.8 Å². The lowest BCUT2D eigenvalue weighted by atomic mass is 10.2. The van der Waals surface area contributed by atoms with E-state index in [0.29, 0.717) is 32.0 Å². The Morgan fingerprint density at radius 3 is 2.52 bits per heavy atom. The molecular weight excluding hydrogens is 473 g/mol. The number of rotatable bonds is 4. The van der Waals surface area contributed by atoms with Crippen LogP contribution >= 0.6 is 27.5 Å². The molecule has 1 saturated heterocycles. The van der Waals surface area contributed by atoms with E-state index in [1.165, 1.54) is 0 Å². The van der Waals surface area contributed by atoms with Crippen molar-refractivity contribution in [2.75, 3.05) is 42.9 Å². The third kappa shape index (κ3) is 5.61. The number of alkyl halides is 3. The summed E-state index contributed by atoms with van der Waals surface area (Å²) in [6, 6.07) is 6.52. The summed E-state index contributed by atoms with van der Waals surface area (Å²) in [5.41, 5.74) is 0.850. The summed E-state index contributed by atoms with van der Waals surface area (Å²) >= 11 is 9.41. The first-order valence-electron chi connectivity index (χ1n) is 8.89. The summed E-state index contributed by atoms with van der Waals surface area (Å²) in [6.07, 6.45) is -3.68. The summed E-state index contributed by atoms with van der Waals surface area (Å²) in [5.74, 6) is 0.212. The first kappa shape index (κ1) is 21.9. The number of anilines is 2. The highest BCUT2D eigenvalue weighted by Gasteiger charge is 2.32. The molecule has 3 rings (SSSR count). The maximum Gasteiger partial charge on any atom is 0.417 e. The summed E-state index contributed by atoms with van der Waals surface area (Å²) in [7, 11) is 0. The van der Waals surface area contributed by atoms with Crippen LogP contribution in [0.4, 0.5) is 24.7 Å². The minimum atomic E-state index is -4.48. The van der Waals surface area contributed by atoms with Crippen molar-refractivity contribution in [1.82, 2.24) is 9.88 Å². The number of piperazine rings is 1. The van der Waals surface area contributed by atoms with Crippen LogP contribution in [-0.4, -0.2) is 48.5 Å². The van der Waals surface area contributed by atoms with Crippen molar-refractivity contribution in [2.24, 2.45) is 0 Å². The van der Waals surface area contributed by atoms with Crippen LogP contribution < -0.4 is 10.2 Å². The fourth-order valence-electron chi connectivity index (χ4n) is 3.10. The molecule has 1 amide bonds. The smallest absolute Gasteiger partial charge is 0.353 e. The Hall–Kier alpha value is -1.84. The third-order valence-electron chi connectivity index (χ3n) is 4.65. The van der Waals surface area contributed by atoms with Crippen molar-refractivity contribution < 1.29 is 18.0 Å². The second-order valence-electron chi connectivity index (χ2n) is 6.80. The number of nitrogens with one attached hydrogen (secondary N) is 1. The predicted octanol–water partition coefficient (Wildman–Crippen LogP) is 4.59. The molecule has 0 saturated carbocycles. The number of pyridine rings is 1. The van der Waals surface area contributed by atoms with Crippen molar-refractivity contribution in [1.29, 1.82) is 0 Å². The Kier molecular flexibility index (Phi) is 6.70. The van der Waals surface area contributed by atoms with Crippen LogP contribution in [0.15, 0.2) is 34.9 Å². The maximum atomic E-state index is 12.8. The number of carbonyl (C=O) groups excluding carboxylic acids is 1. The minimum absolute atomic E-state index is 0.0308. The van der Waals surface area contributed by atoms with Crippen LogP contribution in [0, 0.1) is 6.92 Å². The quantitative estimate of drug-likeness (QED) is 0.680. The highest BCUT2D eigenvalue weighted by Crippen LogP contribution is 2.33. The van der Waals surface area contributed by atoms with Crippen molar-refractivity contribution in [3.05, 3.63) is 51.1 Å². The second-order valence-corrected chi connectivity index (χ2v) is 8.12. The molecule has 10 heteroatoms. The molecule has 0 spiro atoms. The average Bonchev–Trinajstić information content (AvgIpc) is 2.64. The van der Waals surface area contributed by atoms with Crippen molar-refractivity contribution >= 4 is 44.9 Å². The molecule has 1 N–H and O–H groups in total. The van der Waals surface area contributed by atoms with Crippen molar-refractivity contribution in [3.63, 3.8) is 0 Å². The van der Waals surface area contributed by atoms with Gasteiger partial charge in [0.2, 0.25) is 5.91 Å². The number of hydrogen-bond acceptors (Lipinski definition) is 4. The van der Waals surface area contributed by atoms with Crippen LogP contribution in [0.1, 0.15) is 11.1 Å². The van der Waals surface area contributed by atoms with E-state index in [-0.39, 0.29) is 17.5 Å². The molecule has 1 aliphatic heterocycles. The van der Waals surface area contributed by atoms with Crippen LogP contribution in [0.5, 0.6) is 0 Å². The normalized spacial score (nSPS) is 15.4. The fourth-order valence-corrected chi connectivity index (χ4v) is 3.86. The lowest BCUT2D eigenvalue weighted by Crippen LogP contribution is -2.49. The summed E-state index contributed by atoms with van der Waals surface area (Å²) in [5, 5.41) is 2.87. The minimum Gasteiger partial charge on any atom is -0.353 e. The Morgan fingerprint density at radius 2 is 1.93 bits per heavy atom. The van der Waals surface area contributed by atoms with E-state index in [1.807, 2.05) is 34.9 Å². The number of carbonyl (C=O) groups is 1. The fraction of sp³-hybridized carbons (Fsp3) is 0.368. The molecule has 0 radical (unpaired) electrons. The van der Waals surface area contributed by atoms with Gasteiger partial charge in [-0.25, -0.2) is 4.98 Å². The highest BCUT2D eigenvalue weighted by atomic mass is 79.9. The molecule has 2 aromatic rings. The molecule has 1 aromatic heterocycles. The Balaban J connectivity index is 1.54. The van der Waals surface area contributed by atoms with Crippen molar-refractivity contribution in [3.8, 4) is 0 Å². The van der Waals surface area contributed by atoms with Gasteiger partial charge in [0.05, 0.1) is 17.1 Å². The molecular formula is C19H19BrClF3N4O. The number of hydrogen-bond donors (Lipinski definition) is 1. The lowest BCUT2D eigenvalue weighted by molar-refractivity contribution is -0.137. The van der Waals surface area contributed by atoms with Gasteiger partial charge in [0.25, 0.3) is 0 Å². The zero-order chi connectivity index (χ0) is 21.2. The second kappa shape index (κ2) is 8.89. The number of aromatic nitrogens is 1. The van der Waals surface area contributed by atoms with Gasteiger partial charge >= 0.3 is 6.18 Å². The van der Waals surface area contributed by atoms with Gasteiger partial charge in [0.1, 0.15) is 5.82 Å². The molecule has 156 valence electrons. The van der Waals surface area contributed by atoms with Gasteiger partial charge in [0, 0.05) is 42.5 Å². The molecule has 0 bridgehead atoms. The first-order chi connectivity index (χ1) is 13.6. The van der Waals surface area contributed by atoms with Gasteiger partial charge in [0.15, 0.2) is 0 Å². The lowest BCUT2D eigenvalue weighted by Gasteiger charge is -2.35. The Bertz CT molecular complexity index is 902. The number of halogens is 5. The number of amides is 1. The highest BCUT2D eigenvalue weighted by molar-refractivity contribution is 9.10. The van der Waals surface area contributed by atoms with Crippen LogP contribution in [0.25, 0.3) is 0 Å². The molecule has 2 heterocycles. The van der Waals surface area contributed by atoms with Gasteiger partial charge < -0.3 is 10.2 Å². The topological polar surface area (TPSA) is 48.5 Å². The van der Waals surface area contributed by atoms with Gasteiger partial charge in [-0.15, -0.1) is 0 Å². The molecule has 1 aliphatic rings. The summed E-state index contributed by atoms with van der Waals surface area (Å²) in [6.45, 7) is 4.33. The number of benzene rings is 1. The van der Waals surface area contributed by atoms with E-state index in [2.05, 4.69) is 26.2 Å². The molecule has 0 atom stereocenters. The van der Waals surface area contributed by atoms with E-state index in [1.54, 1.807) is 0 Å². The van der Waals surface area contributed by atoms with E-state index >= 15 is 0 Å². The molecule has 0 aliphatic carbocycles. The van der Waals surface area contributed by atoms with E-state index in [0.717, 1.165) is 28.0 Å². The zero-order valence-electron chi connectivity index (χ0n) is 15.6. The van der Waals surface area contributed by atoms with E-state index in [9.17, 15) is 18.0 Å². The molecule has 1 aromatic carbocycles. The van der Waals surface area contributed by atoms with Gasteiger partial charge in [-0.2, -0.15) is 13.2 Å². The molecule has 29 heavy (non-hydrogen) atoms. The molecule has 5 nitrogen and oxygen atoms in total. The predicted molar refractivity (Wildman–Crippen MR) is 110 cm³/mol. The van der Waals surface area contributed by atoms with Crippen molar-refractivity contribution in [2.45, 2.75) is 13.1 Å². The Labute approximate surface area is 180 Å². The maximum absolute atomic E-state index is 12.8. The number of aryl methyl sites for hydroxylation is 1. The van der Waals surface area contributed by atoms with Crippen LogP contribution in [0.3, 0.4) is 0 Å². The van der Waals surface area contributed by atoms with E-state index < -0.39 is 11.7 Å². The Morgan fingerprint density at radius 1 is 1.24 bits per heavy atom. The molecule has 0 unspecified atom stereocenters. The van der Waals surface area contributed by atoms with Crippen LogP contribution in [0.2, 0.25) is 5.02 Å². The van der Waals surface area contributed by atoms with Gasteiger partial charge in [-0.3, -0.25) is 9.69 Å². The largest absolute Gasteiger partial charge is 0.417 e.